The number of nitrogen functional groups attached to an aromatic ring is 1. The summed E-state index contributed by atoms with van der Waals surface area (Å²) in [7, 11) is 2.07. The highest BCUT2D eigenvalue weighted by Crippen LogP contribution is 2.14. The molecule has 0 atom stereocenters. The van der Waals surface area contributed by atoms with E-state index in [1.54, 1.807) is 28.3 Å². The first-order valence-electron chi connectivity index (χ1n) is 6.11. The molecule has 1 aromatic rings. The van der Waals surface area contributed by atoms with E-state index in [1.165, 1.54) is 0 Å². The van der Waals surface area contributed by atoms with Gasteiger partial charge in [0.1, 0.15) is 5.82 Å². The lowest BCUT2D eigenvalue weighted by molar-refractivity contribution is 0.123. The van der Waals surface area contributed by atoms with Gasteiger partial charge in [0.15, 0.2) is 0 Å². The molecule has 1 aromatic heterocycles. The number of aryl methyl sites for hydroxylation is 1. The van der Waals surface area contributed by atoms with E-state index in [9.17, 15) is 4.79 Å². The van der Waals surface area contributed by atoms with Crippen LogP contribution in [0.5, 0.6) is 0 Å². The van der Waals surface area contributed by atoms with Gasteiger partial charge < -0.3 is 24.3 Å². The van der Waals surface area contributed by atoms with Gasteiger partial charge in [0, 0.05) is 33.9 Å². The molecule has 0 saturated heterocycles. The average molecular weight is 303 g/mol. The maximum atomic E-state index is 11.8. The van der Waals surface area contributed by atoms with Gasteiger partial charge in [-0.3, -0.25) is 0 Å². The third-order valence-electron chi connectivity index (χ3n) is 2.80. The van der Waals surface area contributed by atoms with E-state index in [4.69, 9.17) is 19.0 Å². The topological polar surface area (TPSA) is 114 Å². The third kappa shape index (κ3) is 4.00. The fourth-order valence-corrected chi connectivity index (χ4v) is 3.43. The molecule has 0 spiro atoms. The van der Waals surface area contributed by atoms with Crippen molar-refractivity contribution in [3.05, 3.63) is 5.82 Å². The molecule has 0 aliphatic rings. The van der Waals surface area contributed by atoms with Crippen molar-refractivity contribution in [2.75, 3.05) is 33.6 Å². The SMILES string of the molecule is CO[Si](CCCNC(=O)n1nc(C)nc1N)(OC)OC. The van der Waals surface area contributed by atoms with Crippen LogP contribution in [0.4, 0.5) is 10.7 Å². The molecule has 1 amide bonds. The maximum absolute atomic E-state index is 11.8. The summed E-state index contributed by atoms with van der Waals surface area (Å²) in [6, 6.07) is 0.186. The lowest BCUT2D eigenvalue weighted by Gasteiger charge is -2.24. The standard InChI is InChI=1S/C10H21N5O4Si/c1-8-13-9(11)15(14-8)10(16)12-6-5-7-20(17-2,18-3)19-4/h5-7H2,1-4H3,(H,12,16)(H2,11,13,14). The van der Waals surface area contributed by atoms with Gasteiger partial charge in [-0.1, -0.05) is 0 Å². The normalized spacial score (nSPS) is 11.6. The van der Waals surface area contributed by atoms with Gasteiger partial charge >= 0.3 is 14.8 Å². The minimum Gasteiger partial charge on any atom is -0.377 e. The minimum atomic E-state index is -2.59. The molecule has 0 radical (unpaired) electrons. The van der Waals surface area contributed by atoms with Gasteiger partial charge in [-0.15, -0.1) is 9.78 Å². The summed E-state index contributed by atoms with van der Waals surface area (Å²) < 4.78 is 16.9. The molecule has 1 rings (SSSR count). The van der Waals surface area contributed by atoms with E-state index in [1.807, 2.05) is 0 Å². The van der Waals surface area contributed by atoms with Crippen LogP contribution in [-0.4, -0.2) is 57.5 Å². The van der Waals surface area contributed by atoms with Gasteiger partial charge in [-0.25, -0.2) is 4.79 Å². The zero-order valence-electron chi connectivity index (χ0n) is 12.2. The number of carbonyl (C=O) groups excluding carboxylic acids is 1. The number of carbonyl (C=O) groups is 1. The highest BCUT2D eigenvalue weighted by molar-refractivity contribution is 6.60. The van der Waals surface area contributed by atoms with Crippen LogP contribution in [0.15, 0.2) is 0 Å². The molecule has 0 aliphatic heterocycles. The molecule has 1 heterocycles. The van der Waals surface area contributed by atoms with Crippen molar-refractivity contribution >= 4 is 20.8 Å². The highest BCUT2D eigenvalue weighted by atomic mass is 28.4. The second kappa shape index (κ2) is 7.33. The zero-order chi connectivity index (χ0) is 15.2. The van der Waals surface area contributed by atoms with Crippen molar-refractivity contribution in [2.24, 2.45) is 0 Å². The van der Waals surface area contributed by atoms with Crippen molar-refractivity contribution in [1.29, 1.82) is 0 Å². The lowest BCUT2D eigenvalue weighted by atomic mass is 10.5. The number of nitrogens with two attached hydrogens (primary N) is 1. The first kappa shape index (κ1) is 16.6. The number of anilines is 1. The molecule has 114 valence electrons. The van der Waals surface area contributed by atoms with Crippen LogP contribution in [-0.2, 0) is 13.3 Å². The van der Waals surface area contributed by atoms with Crippen LogP contribution in [0.1, 0.15) is 12.2 Å². The number of rotatable bonds is 7. The van der Waals surface area contributed by atoms with Crippen molar-refractivity contribution in [3.63, 3.8) is 0 Å². The summed E-state index contributed by atoms with van der Waals surface area (Å²) in [5.74, 6) is 0.511. The second-order valence-corrected chi connectivity index (χ2v) is 7.15. The number of hydrogen-bond acceptors (Lipinski definition) is 7. The van der Waals surface area contributed by atoms with E-state index in [-0.39, 0.29) is 5.95 Å². The second-order valence-electron chi connectivity index (χ2n) is 4.06. The predicted molar refractivity (Wildman–Crippen MR) is 74.2 cm³/mol. The molecule has 9 nitrogen and oxygen atoms in total. The Morgan fingerprint density at radius 2 is 1.95 bits per heavy atom. The summed E-state index contributed by atoms with van der Waals surface area (Å²) in [6.07, 6.45) is 0.654. The van der Waals surface area contributed by atoms with E-state index in [0.29, 0.717) is 24.8 Å². The van der Waals surface area contributed by atoms with Crippen LogP contribution in [0.3, 0.4) is 0 Å². The minimum absolute atomic E-state index is 0.0643. The quantitative estimate of drug-likeness (QED) is 0.538. The number of aromatic nitrogens is 3. The monoisotopic (exact) mass is 303 g/mol. The predicted octanol–water partition coefficient (Wildman–Crippen LogP) is -0.00538. The van der Waals surface area contributed by atoms with E-state index >= 15 is 0 Å². The Bertz CT molecular complexity index is 441. The van der Waals surface area contributed by atoms with Crippen molar-refractivity contribution in [3.8, 4) is 0 Å². The molecule has 0 saturated carbocycles. The molecule has 20 heavy (non-hydrogen) atoms. The van der Waals surface area contributed by atoms with Crippen LogP contribution < -0.4 is 11.1 Å². The molecule has 10 heteroatoms. The zero-order valence-corrected chi connectivity index (χ0v) is 13.2. The molecule has 3 N–H and O–H groups in total. The Kier molecular flexibility index (Phi) is 6.07. The molecule has 0 aliphatic carbocycles. The van der Waals surface area contributed by atoms with E-state index in [0.717, 1.165) is 4.68 Å². The van der Waals surface area contributed by atoms with Gasteiger partial charge in [0.05, 0.1) is 0 Å². The van der Waals surface area contributed by atoms with Crippen molar-refractivity contribution in [2.45, 2.75) is 19.4 Å². The van der Waals surface area contributed by atoms with E-state index in [2.05, 4.69) is 15.4 Å². The molecule has 0 unspecified atom stereocenters. The Morgan fingerprint density at radius 1 is 1.35 bits per heavy atom. The largest absolute Gasteiger partial charge is 0.500 e. The van der Waals surface area contributed by atoms with Gasteiger partial charge in [-0.2, -0.15) is 4.98 Å². The highest BCUT2D eigenvalue weighted by Gasteiger charge is 2.36. The number of nitrogens with zero attached hydrogens (tertiary/aromatic N) is 3. The molecular weight excluding hydrogens is 282 g/mol. The fourth-order valence-electron chi connectivity index (χ4n) is 1.71. The summed E-state index contributed by atoms with van der Waals surface area (Å²) in [4.78, 5) is 15.7. The summed E-state index contributed by atoms with van der Waals surface area (Å²) in [5, 5.41) is 6.58. The lowest BCUT2D eigenvalue weighted by Crippen LogP contribution is -2.43. The van der Waals surface area contributed by atoms with Crippen LogP contribution in [0.25, 0.3) is 0 Å². The fraction of sp³-hybridized carbons (Fsp3) is 0.700. The molecule has 0 fully saturated rings. The van der Waals surface area contributed by atoms with Crippen LogP contribution in [0.2, 0.25) is 6.04 Å². The van der Waals surface area contributed by atoms with Crippen molar-refractivity contribution < 1.29 is 18.1 Å². The van der Waals surface area contributed by atoms with Crippen molar-refractivity contribution in [1.82, 2.24) is 20.1 Å². The van der Waals surface area contributed by atoms with Gasteiger partial charge in [-0.05, 0) is 13.3 Å². The van der Waals surface area contributed by atoms with Crippen LogP contribution >= 0.6 is 0 Å². The van der Waals surface area contributed by atoms with E-state index < -0.39 is 14.8 Å². The maximum Gasteiger partial charge on any atom is 0.500 e. The average Bonchev–Trinajstić information content (AvgIpc) is 2.78. The Hall–Kier alpha value is -1.49. The Balaban J connectivity index is 2.41. The smallest absolute Gasteiger partial charge is 0.377 e. The first-order valence-corrected chi connectivity index (χ1v) is 8.04. The summed E-state index contributed by atoms with van der Waals surface area (Å²) in [5.41, 5.74) is 5.56. The van der Waals surface area contributed by atoms with Gasteiger partial charge in [0.2, 0.25) is 5.95 Å². The molecular formula is C10H21N5O4Si. The number of nitrogens with one attached hydrogen (secondary N) is 1. The first-order chi connectivity index (χ1) is 9.48. The summed E-state index contributed by atoms with van der Waals surface area (Å²) in [6.45, 7) is 2.10. The number of hydrogen-bond donors (Lipinski definition) is 2. The number of amides is 1. The van der Waals surface area contributed by atoms with Crippen LogP contribution in [0, 0.1) is 6.92 Å². The Morgan fingerprint density at radius 3 is 2.40 bits per heavy atom. The third-order valence-corrected chi connectivity index (χ3v) is 5.63. The Labute approximate surface area is 118 Å². The molecule has 0 bridgehead atoms. The van der Waals surface area contributed by atoms with Gasteiger partial charge in [0.25, 0.3) is 0 Å². The summed E-state index contributed by atoms with van der Waals surface area (Å²) >= 11 is 0. The molecule has 0 aromatic carbocycles.